The van der Waals surface area contributed by atoms with Gasteiger partial charge in [-0.05, 0) is 38.0 Å². The molecule has 7 nitrogen and oxygen atoms in total. The summed E-state index contributed by atoms with van der Waals surface area (Å²) in [5.74, 6) is -0.539. The molecule has 1 saturated heterocycles. The smallest absolute Gasteiger partial charge is 0.352 e. The zero-order valence-electron chi connectivity index (χ0n) is 16.6. The van der Waals surface area contributed by atoms with Gasteiger partial charge in [-0.15, -0.1) is 0 Å². The summed E-state index contributed by atoms with van der Waals surface area (Å²) in [6.45, 7) is 2.49. The minimum absolute atomic E-state index is 0.0420. The normalized spacial score (nSPS) is 17.5. The molecule has 170 valence electrons. The van der Waals surface area contributed by atoms with Crippen molar-refractivity contribution in [3.63, 3.8) is 0 Å². The van der Waals surface area contributed by atoms with E-state index >= 15 is 0 Å². The molecule has 1 unspecified atom stereocenters. The van der Waals surface area contributed by atoms with Crippen LogP contribution in [0.25, 0.3) is 0 Å². The van der Waals surface area contributed by atoms with Gasteiger partial charge < -0.3 is 9.88 Å². The first-order valence-corrected chi connectivity index (χ1v) is 11.4. The van der Waals surface area contributed by atoms with Crippen LogP contribution in [-0.4, -0.2) is 47.3 Å². The third-order valence-electron chi connectivity index (χ3n) is 5.14. The first kappa shape index (κ1) is 23.6. The molecule has 0 spiro atoms. The van der Waals surface area contributed by atoms with E-state index in [4.69, 9.17) is 11.6 Å². The van der Waals surface area contributed by atoms with E-state index in [0.29, 0.717) is 12.6 Å². The molecular formula is C19H22ClF3N4O3S. The topological polar surface area (TPSA) is 84.3 Å². The predicted octanol–water partition coefficient (Wildman–Crippen LogP) is 3.16. The summed E-state index contributed by atoms with van der Waals surface area (Å²) < 4.78 is 67.8. The minimum atomic E-state index is -4.76. The number of amides is 1. The summed E-state index contributed by atoms with van der Waals surface area (Å²) in [5, 5.41) is 2.34. The fraction of sp³-hybridized carbons (Fsp3) is 0.474. The minimum Gasteiger partial charge on any atom is -0.352 e. The van der Waals surface area contributed by atoms with Crippen LogP contribution in [0.3, 0.4) is 0 Å². The van der Waals surface area contributed by atoms with Crippen LogP contribution < -0.4 is 5.32 Å². The van der Waals surface area contributed by atoms with Crippen LogP contribution in [0.4, 0.5) is 13.2 Å². The van der Waals surface area contributed by atoms with E-state index < -0.39 is 31.7 Å². The van der Waals surface area contributed by atoms with E-state index in [-0.39, 0.29) is 43.8 Å². The van der Waals surface area contributed by atoms with Crippen molar-refractivity contribution in [2.75, 3.05) is 13.1 Å². The van der Waals surface area contributed by atoms with Crippen LogP contribution >= 0.6 is 11.6 Å². The lowest BCUT2D eigenvalue weighted by Crippen LogP contribution is -2.45. The first-order chi connectivity index (χ1) is 14.5. The molecular weight excluding hydrogens is 457 g/mol. The Bertz CT molecular complexity index is 1020. The molecule has 1 aliphatic rings. The van der Waals surface area contributed by atoms with Crippen LogP contribution in [0.2, 0.25) is 5.02 Å². The number of benzene rings is 1. The molecule has 1 amide bonds. The fourth-order valence-corrected chi connectivity index (χ4v) is 5.23. The second-order valence-corrected chi connectivity index (χ2v) is 9.83. The van der Waals surface area contributed by atoms with Crippen LogP contribution in [0, 0.1) is 5.92 Å². The van der Waals surface area contributed by atoms with Gasteiger partial charge in [-0.2, -0.15) is 17.5 Å². The number of alkyl halides is 3. The number of sulfonamides is 1. The van der Waals surface area contributed by atoms with Crippen molar-refractivity contribution >= 4 is 27.5 Å². The molecule has 1 N–H and O–H groups in total. The van der Waals surface area contributed by atoms with Crippen LogP contribution in [0.5, 0.6) is 0 Å². The largest absolute Gasteiger partial charge is 0.417 e. The lowest BCUT2D eigenvalue weighted by atomic mass is 9.97. The van der Waals surface area contributed by atoms with E-state index in [0.717, 1.165) is 16.4 Å². The van der Waals surface area contributed by atoms with Gasteiger partial charge in [-0.3, -0.25) is 4.79 Å². The summed E-state index contributed by atoms with van der Waals surface area (Å²) in [4.78, 5) is 16.0. The third-order valence-corrected chi connectivity index (χ3v) is 7.36. The number of nitrogens with zero attached hydrogens (tertiary/aromatic N) is 3. The maximum absolute atomic E-state index is 13.1. The number of nitrogens with one attached hydrogen (secondary N) is 1. The van der Waals surface area contributed by atoms with Gasteiger partial charge in [0, 0.05) is 44.0 Å². The first-order valence-electron chi connectivity index (χ1n) is 9.61. The highest BCUT2D eigenvalue weighted by Gasteiger charge is 2.37. The van der Waals surface area contributed by atoms with Crippen LogP contribution in [0.15, 0.2) is 41.8 Å². The zero-order chi connectivity index (χ0) is 22.8. The zero-order valence-corrected chi connectivity index (χ0v) is 18.2. The maximum Gasteiger partial charge on any atom is 0.417 e. The van der Waals surface area contributed by atoms with E-state index in [1.165, 1.54) is 0 Å². The van der Waals surface area contributed by atoms with Gasteiger partial charge in [-0.1, -0.05) is 11.6 Å². The average molecular weight is 479 g/mol. The number of halogens is 4. The number of piperidine rings is 1. The number of carbonyl (C=O) groups is 1. The lowest BCUT2D eigenvalue weighted by Gasteiger charge is -2.31. The maximum atomic E-state index is 13.1. The quantitative estimate of drug-likeness (QED) is 0.691. The third kappa shape index (κ3) is 5.58. The highest BCUT2D eigenvalue weighted by Crippen LogP contribution is 2.36. The molecule has 1 atom stereocenters. The number of rotatable bonds is 6. The van der Waals surface area contributed by atoms with Gasteiger partial charge in [0.05, 0.1) is 21.8 Å². The Morgan fingerprint density at radius 3 is 2.58 bits per heavy atom. The Hall–Kier alpha value is -2.11. The number of hydrogen-bond donors (Lipinski definition) is 1. The highest BCUT2D eigenvalue weighted by molar-refractivity contribution is 7.89. The predicted molar refractivity (Wildman–Crippen MR) is 108 cm³/mol. The van der Waals surface area contributed by atoms with Gasteiger partial charge >= 0.3 is 6.18 Å². The Balaban J connectivity index is 1.61. The van der Waals surface area contributed by atoms with Gasteiger partial charge in [0.1, 0.15) is 0 Å². The standard InChI is InChI=1S/C19H22ClF3N4O3S/c1-13(11-26-9-6-24-12-26)25-18(28)14-4-7-27(8-5-14)31(29,30)15-2-3-17(20)16(10-15)19(21,22)23/h2-3,6,9-10,12-14H,4-5,7-8,11H2,1H3,(H,25,28). The van der Waals surface area contributed by atoms with E-state index in [9.17, 15) is 26.4 Å². The Labute approximate surface area is 183 Å². The lowest BCUT2D eigenvalue weighted by molar-refractivity contribution is -0.137. The molecule has 2 heterocycles. The molecule has 0 aliphatic carbocycles. The van der Waals surface area contributed by atoms with Crippen molar-refractivity contribution < 1.29 is 26.4 Å². The van der Waals surface area contributed by atoms with Crippen molar-refractivity contribution in [3.05, 3.63) is 47.5 Å². The number of carbonyl (C=O) groups excluding carboxylic acids is 1. The fourth-order valence-electron chi connectivity index (χ4n) is 3.51. The molecule has 31 heavy (non-hydrogen) atoms. The summed E-state index contributed by atoms with van der Waals surface area (Å²) >= 11 is 5.58. The Kier molecular flexibility index (Phi) is 6.97. The van der Waals surface area contributed by atoms with E-state index in [1.54, 1.807) is 18.7 Å². The molecule has 1 aliphatic heterocycles. The second kappa shape index (κ2) is 9.17. The molecule has 12 heteroatoms. The van der Waals surface area contributed by atoms with Crippen molar-refractivity contribution in [2.45, 2.75) is 43.4 Å². The summed E-state index contributed by atoms with van der Waals surface area (Å²) in [6, 6.07) is 2.40. The van der Waals surface area contributed by atoms with Gasteiger partial charge in [-0.25, -0.2) is 13.4 Å². The molecule has 2 aromatic rings. The molecule has 1 aromatic carbocycles. The SMILES string of the molecule is CC(Cn1ccnc1)NC(=O)C1CCN(S(=O)(=O)c2ccc(Cl)c(C(F)(F)F)c2)CC1. The summed E-state index contributed by atoms with van der Waals surface area (Å²) in [5.41, 5.74) is -1.20. The molecule has 0 bridgehead atoms. The van der Waals surface area contributed by atoms with Gasteiger partial charge in [0.2, 0.25) is 15.9 Å². The second-order valence-electron chi connectivity index (χ2n) is 7.49. The van der Waals surface area contributed by atoms with Crippen LogP contribution in [-0.2, 0) is 27.5 Å². The van der Waals surface area contributed by atoms with Gasteiger partial charge in [0.15, 0.2) is 0 Å². The molecule has 1 aromatic heterocycles. The summed E-state index contributed by atoms with van der Waals surface area (Å²) in [7, 11) is -4.14. The van der Waals surface area contributed by atoms with Crippen LogP contribution in [0.1, 0.15) is 25.3 Å². The average Bonchev–Trinajstić information content (AvgIpc) is 3.20. The van der Waals surface area contributed by atoms with Crippen molar-refractivity contribution in [3.8, 4) is 0 Å². The Morgan fingerprint density at radius 2 is 2.00 bits per heavy atom. The summed E-state index contributed by atoms with van der Waals surface area (Å²) in [6.07, 6.45) is 0.870. The van der Waals surface area contributed by atoms with Crippen molar-refractivity contribution in [1.29, 1.82) is 0 Å². The van der Waals surface area contributed by atoms with Gasteiger partial charge in [0.25, 0.3) is 0 Å². The van der Waals surface area contributed by atoms with E-state index in [1.807, 2.05) is 11.5 Å². The number of aromatic nitrogens is 2. The Morgan fingerprint density at radius 1 is 1.32 bits per heavy atom. The highest BCUT2D eigenvalue weighted by atomic mass is 35.5. The van der Waals surface area contributed by atoms with Crippen molar-refractivity contribution in [2.24, 2.45) is 5.92 Å². The molecule has 3 rings (SSSR count). The molecule has 0 radical (unpaired) electrons. The number of imidazole rings is 1. The monoisotopic (exact) mass is 478 g/mol. The number of hydrogen-bond acceptors (Lipinski definition) is 4. The molecule has 1 fully saturated rings. The van der Waals surface area contributed by atoms with Crippen molar-refractivity contribution in [1.82, 2.24) is 19.2 Å². The molecule has 0 saturated carbocycles. The van der Waals surface area contributed by atoms with E-state index in [2.05, 4.69) is 10.3 Å².